The van der Waals surface area contributed by atoms with Gasteiger partial charge in [-0.15, -0.1) is 0 Å². The third kappa shape index (κ3) is 3.93. The van der Waals surface area contributed by atoms with Crippen LogP contribution in [0.25, 0.3) is 11.0 Å². The molecular weight excluding hydrogens is 469 g/mol. The zero-order valence-corrected chi connectivity index (χ0v) is 18.7. The topological polar surface area (TPSA) is 130 Å². The van der Waals surface area contributed by atoms with Crippen molar-refractivity contribution in [1.82, 2.24) is 20.2 Å². The van der Waals surface area contributed by atoms with E-state index in [1.807, 2.05) is 12.1 Å². The van der Waals surface area contributed by atoms with Crippen LogP contribution < -0.4 is 15.4 Å². The number of hydrogen-bond donors (Lipinski definition) is 3. The highest BCUT2D eigenvalue weighted by molar-refractivity contribution is 7.92. The highest BCUT2D eigenvalue weighted by atomic mass is 35.5. The summed E-state index contributed by atoms with van der Waals surface area (Å²) in [5, 5.41) is 10.6. The summed E-state index contributed by atoms with van der Waals surface area (Å²) in [5.74, 6) is -0.0538. The number of halogens is 2. The van der Waals surface area contributed by atoms with Gasteiger partial charge >= 0.3 is 0 Å². The van der Waals surface area contributed by atoms with Crippen molar-refractivity contribution in [1.29, 1.82) is 0 Å². The Morgan fingerprint density at radius 1 is 1.21 bits per heavy atom. The molecule has 2 aromatic carbocycles. The second kappa shape index (κ2) is 8.16. The lowest BCUT2D eigenvalue weighted by atomic mass is 10.0. The molecule has 0 spiro atoms. The first-order valence-electron chi connectivity index (χ1n) is 10.1. The lowest BCUT2D eigenvalue weighted by Gasteiger charge is -2.24. The number of anilines is 3. The number of nitrogens with one attached hydrogen (secondary N) is 2. The number of nitrogen functional groups attached to an aromatic ring is 1. The number of nitrogens with two attached hydrogens (primary N) is 1. The molecule has 4 aromatic rings. The van der Waals surface area contributed by atoms with Crippen molar-refractivity contribution in [2.45, 2.75) is 23.8 Å². The fourth-order valence-corrected chi connectivity index (χ4v) is 5.77. The molecule has 0 bridgehead atoms. The van der Waals surface area contributed by atoms with Crippen LogP contribution in [0.2, 0.25) is 5.02 Å². The van der Waals surface area contributed by atoms with Gasteiger partial charge in [0.2, 0.25) is 5.95 Å². The van der Waals surface area contributed by atoms with Crippen LogP contribution in [0.1, 0.15) is 12.0 Å². The molecule has 4 N–H and O–H groups in total. The highest BCUT2D eigenvalue weighted by Crippen LogP contribution is 2.33. The smallest absolute Gasteiger partial charge is 0.264 e. The second-order valence-electron chi connectivity index (χ2n) is 7.68. The minimum atomic E-state index is -3.97. The number of fused-ring (bicyclic) bond motifs is 2. The van der Waals surface area contributed by atoms with Crippen LogP contribution in [0.4, 0.5) is 21.8 Å². The largest absolute Gasteiger partial charge is 0.368 e. The van der Waals surface area contributed by atoms with Crippen LogP contribution in [0.3, 0.4) is 0 Å². The molecule has 33 heavy (non-hydrogen) atoms. The van der Waals surface area contributed by atoms with Crippen LogP contribution in [-0.2, 0) is 16.4 Å². The van der Waals surface area contributed by atoms with Crippen molar-refractivity contribution in [3.63, 3.8) is 0 Å². The average Bonchev–Trinajstić information content (AvgIpc) is 3.16. The maximum atomic E-state index is 13.6. The SMILES string of the molecule is Nc1nc(NC2CCN(S(=O)(=O)c3ccc(F)c(Cl)c3)c3ccccc3C2)c2cn[nH]c2n1. The van der Waals surface area contributed by atoms with Gasteiger partial charge in [0.15, 0.2) is 5.65 Å². The van der Waals surface area contributed by atoms with E-state index in [9.17, 15) is 12.8 Å². The zero-order valence-electron chi connectivity index (χ0n) is 17.2. The van der Waals surface area contributed by atoms with Crippen LogP contribution in [0.15, 0.2) is 53.6 Å². The van der Waals surface area contributed by atoms with E-state index in [4.69, 9.17) is 17.3 Å². The van der Waals surface area contributed by atoms with Gasteiger partial charge in [-0.3, -0.25) is 9.40 Å². The molecule has 1 atom stereocenters. The molecule has 170 valence electrons. The molecular formula is C21H19ClFN7O2S. The van der Waals surface area contributed by atoms with Gasteiger partial charge < -0.3 is 11.1 Å². The minimum absolute atomic E-state index is 0.0706. The minimum Gasteiger partial charge on any atom is -0.368 e. The normalized spacial score (nSPS) is 16.4. The first-order chi connectivity index (χ1) is 15.8. The third-order valence-electron chi connectivity index (χ3n) is 5.55. The summed E-state index contributed by atoms with van der Waals surface area (Å²) in [6.45, 7) is 0.196. The summed E-state index contributed by atoms with van der Waals surface area (Å²) < 4.78 is 42.0. The number of aromatic nitrogens is 4. The van der Waals surface area contributed by atoms with E-state index in [-0.39, 0.29) is 28.5 Å². The van der Waals surface area contributed by atoms with Crippen molar-refractivity contribution in [2.75, 3.05) is 21.9 Å². The molecule has 0 aliphatic carbocycles. The molecule has 12 heteroatoms. The summed E-state index contributed by atoms with van der Waals surface area (Å²) in [5.41, 5.74) is 7.75. The molecule has 2 aromatic heterocycles. The molecule has 0 saturated heterocycles. The number of benzene rings is 2. The average molecular weight is 488 g/mol. The maximum Gasteiger partial charge on any atom is 0.264 e. The summed E-state index contributed by atoms with van der Waals surface area (Å²) in [4.78, 5) is 8.35. The van der Waals surface area contributed by atoms with Gasteiger partial charge in [-0.05, 0) is 42.7 Å². The molecule has 0 amide bonds. The number of nitrogens with zero attached hydrogens (tertiary/aromatic N) is 4. The number of para-hydroxylation sites is 1. The second-order valence-corrected chi connectivity index (χ2v) is 9.95. The molecule has 5 rings (SSSR count). The Labute approximate surface area is 193 Å². The lowest BCUT2D eigenvalue weighted by Crippen LogP contribution is -2.33. The lowest BCUT2D eigenvalue weighted by molar-refractivity contribution is 0.586. The van der Waals surface area contributed by atoms with E-state index in [1.54, 1.807) is 18.3 Å². The van der Waals surface area contributed by atoms with E-state index in [0.29, 0.717) is 35.4 Å². The predicted molar refractivity (Wildman–Crippen MR) is 124 cm³/mol. The third-order valence-corrected chi connectivity index (χ3v) is 7.65. The van der Waals surface area contributed by atoms with E-state index >= 15 is 0 Å². The van der Waals surface area contributed by atoms with Gasteiger partial charge in [-0.25, -0.2) is 12.8 Å². The molecule has 0 radical (unpaired) electrons. The van der Waals surface area contributed by atoms with E-state index < -0.39 is 15.8 Å². The Bertz CT molecular complexity index is 1460. The fraction of sp³-hybridized carbons (Fsp3) is 0.190. The van der Waals surface area contributed by atoms with Gasteiger partial charge in [-0.2, -0.15) is 15.1 Å². The van der Waals surface area contributed by atoms with Crippen molar-refractivity contribution in [2.24, 2.45) is 0 Å². The molecule has 0 fully saturated rings. The van der Waals surface area contributed by atoms with Crippen molar-refractivity contribution >= 4 is 50.1 Å². The first-order valence-corrected chi connectivity index (χ1v) is 11.9. The van der Waals surface area contributed by atoms with E-state index in [0.717, 1.165) is 17.7 Å². The van der Waals surface area contributed by atoms with Crippen molar-refractivity contribution in [3.05, 3.63) is 65.1 Å². The number of hydrogen-bond acceptors (Lipinski definition) is 7. The van der Waals surface area contributed by atoms with Gasteiger partial charge in [-0.1, -0.05) is 29.8 Å². The summed E-state index contributed by atoms with van der Waals surface area (Å²) >= 11 is 5.86. The van der Waals surface area contributed by atoms with Gasteiger partial charge in [0.05, 0.1) is 27.2 Å². The number of aromatic amines is 1. The summed E-state index contributed by atoms with van der Waals surface area (Å²) in [6.07, 6.45) is 2.64. The van der Waals surface area contributed by atoms with Crippen LogP contribution in [-0.4, -0.2) is 41.2 Å². The Hall–Kier alpha value is -3.44. The molecule has 1 aliphatic heterocycles. The van der Waals surface area contributed by atoms with Crippen molar-refractivity contribution in [3.8, 4) is 0 Å². The Kier molecular flexibility index (Phi) is 5.29. The maximum absolute atomic E-state index is 13.6. The number of H-pyrrole nitrogens is 1. The van der Waals surface area contributed by atoms with Crippen LogP contribution >= 0.6 is 11.6 Å². The Morgan fingerprint density at radius 2 is 2.03 bits per heavy atom. The Balaban J connectivity index is 1.50. The molecule has 9 nitrogen and oxygen atoms in total. The monoisotopic (exact) mass is 487 g/mol. The highest BCUT2D eigenvalue weighted by Gasteiger charge is 2.31. The van der Waals surface area contributed by atoms with Crippen molar-refractivity contribution < 1.29 is 12.8 Å². The number of rotatable bonds is 4. The van der Waals surface area contributed by atoms with E-state index in [2.05, 4.69) is 25.5 Å². The molecule has 1 unspecified atom stereocenters. The fourth-order valence-electron chi connectivity index (χ4n) is 3.98. The molecule has 1 aliphatic rings. The first kappa shape index (κ1) is 21.4. The van der Waals surface area contributed by atoms with Gasteiger partial charge in [0.1, 0.15) is 11.6 Å². The summed E-state index contributed by atoms with van der Waals surface area (Å²) in [7, 11) is -3.97. The zero-order chi connectivity index (χ0) is 23.2. The van der Waals surface area contributed by atoms with Crippen LogP contribution in [0.5, 0.6) is 0 Å². The molecule has 3 heterocycles. The van der Waals surface area contributed by atoms with Gasteiger partial charge in [0.25, 0.3) is 10.0 Å². The predicted octanol–water partition coefficient (Wildman–Crippen LogP) is 3.35. The van der Waals surface area contributed by atoms with Gasteiger partial charge in [0, 0.05) is 12.6 Å². The standard InChI is InChI=1S/C21H19ClFN7O2S/c22-16-10-14(5-6-17(16)23)33(31,32)30-8-7-13(9-12-3-1-2-4-18(12)30)26-19-15-11-25-29-20(15)28-21(24)27-19/h1-6,10-11,13H,7-9H2,(H4,24,25,26,27,28,29). The Morgan fingerprint density at radius 3 is 2.85 bits per heavy atom. The number of sulfonamides is 1. The van der Waals surface area contributed by atoms with Crippen LogP contribution in [0, 0.1) is 5.82 Å². The quantitative estimate of drug-likeness (QED) is 0.402. The van der Waals surface area contributed by atoms with E-state index in [1.165, 1.54) is 10.4 Å². The summed E-state index contributed by atoms with van der Waals surface area (Å²) in [6, 6.07) is 10.6. The molecule has 0 saturated carbocycles.